The molecule has 0 aliphatic carbocycles. The molecule has 5 nitrogen and oxygen atoms in total. The molecule has 0 aliphatic heterocycles. The number of Topliss-reactive ketones (excluding diaryl/α,β-unsaturated/α-hetero) is 1. The van der Waals surface area contributed by atoms with E-state index >= 15 is 0 Å². The zero-order chi connectivity index (χ0) is 16.1. The maximum absolute atomic E-state index is 12.0. The second-order valence-corrected chi connectivity index (χ2v) is 6.12. The highest BCUT2D eigenvalue weighted by atomic mass is 79.9. The van der Waals surface area contributed by atoms with Crippen LogP contribution in [0.4, 0.5) is 5.13 Å². The van der Waals surface area contributed by atoms with Gasteiger partial charge in [-0.15, -0.1) is 0 Å². The smallest absolute Gasteiger partial charge is 0.230 e. The van der Waals surface area contributed by atoms with Crippen molar-refractivity contribution in [2.75, 3.05) is 17.8 Å². The topological polar surface area (TPSA) is 68.3 Å². The molecular weight excluding hydrogens is 368 g/mol. The highest BCUT2D eigenvalue weighted by Crippen LogP contribution is 2.23. The van der Waals surface area contributed by atoms with Gasteiger partial charge in [0.1, 0.15) is 5.75 Å². The predicted octanol–water partition coefficient (Wildman–Crippen LogP) is 3.22. The Labute approximate surface area is 140 Å². The minimum Gasteiger partial charge on any atom is -0.497 e. The quantitative estimate of drug-likeness (QED) is 0.615. The average molecular weight is 383 g/mol. The Bertz CT molecular complexity index is 683. The van der Waals surface area contributed by atoms with E-state index in [0.29, 0.717) is 15.7 Å². The Morgan fingerprint density at radius 3 is 2.59 bits per heavy atom. The number of amides is 1. The monoisotopic (exact) mass is 382 g/mol. The number of alkyl halides is 1. The fraction of sp³-hybridized carbons (Fsp3) is 0.267. The zero-order valence-electron chi connectivity index (χ0n) is 12.2. The molecule has 0 bridgehead atoms. The molecule has 1 aromatic heterocycles. The van der Waals surface area contributed by atoms with E-state index in [1.165, 1.54) is 11.3 Å². The van der Waals surface area contributed by atoms with Crippen molar-refractivity contribution in [1.29, 1.82) is 0 Å². The van der Waals surface area contributed by atoms with Gasteiger partial charge in [-0.25, -0.2) is 4.98 Å². The Hall–Kier alpha value is -1.73. The first kappa shape index (κ1) is 16.6. The maximum Gasteiger partial charge on any atom is 0.230 e. The van der Waals surface area contributed by atoms with Crippen LogP contribution >= 0.6 is 27.3 Å². The maximum atomic E-state index is 12.0. The van der Waals surface area contributed by atoms with E-state index in [-0.39, 0.29) is 23.4 Å². The SMILES string of the molecule is COc1ccc(CC(=O)Nc2nc(C)c(C(=O)CBr)s2)cc1. The van der Waals surface area contributed by atoms with Crippen LogP contribution in [0.5, 0.6) is 5.75 Å². The molecule has 1 heterocycles. The Kier molecular flexibility index (Phi) is 5.68. The molecule has 1 amide bonds. The van der Waals surface area contributed by atoms with Gasteiger partial charge in [-0.3, -0.25) is 9.59 Å². The molecule has 22 heavy (non-hydrogen) atoms. The normalized spacial score (nSPS) is 10.3. The van der Waals surface area contributed by atoms with Crippen LogP contribution in [-0.2, 0) is 11.2 Å². The molecule has 116 valence electrons. The third-order valence-corrected chi connectivity index (χ3v) is 4.56. The first-order valence-electron chi connectivity index (χ1n) is 6.53. The summed E-state index contributed by atoms with van der Waals surface area (Å²) in [5, 5.41) is 3.42. The van der Waals surface area contributed by atoms with Gasteiger partial charge in [0.25, 0.3) is 0 Å². The van der Waals surface area contributed by atoms with Gasteiger partial charge in [0, 0.05) is 0 Å². The summed E-state index contributed by atoms with van der Waals surface area (Å²) in [7, 11) is 1.60. The Morgan fingerprint density at radius 1 is 1.32 bits per heavy atom. The number of nitrogens with one attached hydrogen (secondary N) is 1. The van der Waals surface area contributed by atoms with Crippen LogP contribution in [0.15, 0.2) is 24.3 Å². The number of ketones is 1. The molecule has 0 radical (unpaired) electrons. The van der Waals surface area contributed by atoms with E-state index < -0.39 is 0 Å². The third kappa shape index (κ3) is 4.14. The number of anilines is 1. The Morgan fingerprint density at radius 2 is 2.00 bits per heavy atom. The second-order valence-electron chi connectivity index (χ2n) is 4.56. The number of carbonyl (C=O) groups excluding carboxylic acids is 2. The summed E-state index contributed by atoms with van der Waals surface area (Å²) in [6.07, 6.45) is 0.240. The van der Waals surface area contributed by atoms with Crippen molar-refractivity contribution in [3.05, 3.63) is 40.4 Å². The number of halogens is 1. The number of carbonyl (C=O) groups is 2. The van der Waals surface area contributed by atoms with E-state index in [2.05, 4.69) is 26.2 Å². The molecule has 7 heteroatoms. The highest BCUT2D eigenvalue weighted by molar-refractivity contribution is 9.09. The fourth-order valence-electron chi connectivity index (χ4n) is 1.86. The van der Waals surface area contributed by atoms with Crippen LogP contribution in [0.3, 0.4) is 0 Å². The average Bonchev–Trinajstić information content (AvgIpc) is 2.87. The largest absolute Gasteiger partial charge is 0.497 e. The van der Waals surface area contributed by atoms with Crippen LogP contribution in [0.2, 0.25) is 0 Å². The molecule has 1 aromatic carbocycles. The van der Waals surface area contributed by atoms with Gasteiger partial charge >= 0.3 is 0 Å². The number of benzene rings is 1. The summed E-state index contributed by atoms with van der Waals surface area (Å²) < 4.78 is 5.07. The molecule has 0 fully saturated rings. The van der Waals surface area contributed by atoms with Gasteiger partial charge in [-0.05, 0) is 24.6 Å². The minimum absolute atomic E-state index is 0.0364. The van der Waals surface area contributed by atoms with Gasteiger partial charge in [0.15, 0.2) is 10.9 Å². The van der Waals surface area contributed by atoms with E-state index in [4.69, 9.17) is 4.74 Å². The number of aryl methyl sites for hydroxylation is 1. The number of rotatable bonds is 6. The van der Waals surface area contributed by atoms with Gasteiger partial charge in [-0.2, -0.15) is 0 Å². The first-order chi connectivity index (χ1) is 10.5. The van der Waals surface area contributed by atoms with E-state index in [9.17, 15) is 9.59 Å². The highest BCUT2D eigenvalue weighted by Gasteiger charge is 2.15. The van der Waals surface area contributed by atoms with Crippen molar-refractivity contribution >= 4 is 44.1 Å². The first-order valence-corrected chi connectivity index (χ1v) is 8.46. The zero-order valence-corrected chi connectivity index (χ0v) is 14.6. The summed E-state index contributed by atoms with van der Waals surface area (Å²) >= 11 is 4.33. The molecular formula is C15H15BrN2O3S. The molecule has 2 rings (SSSR count). The lowest BCUT2D eigenvalue weighted by Gasteiger charge is -2.03. The van der Waals surface area contributed by atoms with Crippen LogP contribution in [0, 0.1) is 6.92 Å². The number of hydrogen-bond acceptors (Lipinski definition) is 5. The second kappa shape index (κ2) is 7.51. The third-order valence-electron chi connectivity index (χ3n) is 2.94. The fourth-order valence-corrected chi connectivity index (χ4v) is 3.25. The Balaban J connectivity index is 2.01. The standard InChI is InChI=1S/C15H15BrN2O3S/c1-9-14(12(19)8-16)22-15(17-9)18-13(20)7-10-3-5-11(21-2)6-4-10/h3-6H,7-8H2,1-2H3,(H,17,18,20). The number of aromatic nitrogens is 1. The van der Waals surface area contributed by atoms with Crippen molar-refractivity contribution in [1.82, 2.24) is 4.98 Å². The van der Waals surface area contributed by atoms with Gasteiger partial charge in [-0.1, -0.05) is 39.4 Å². The lowest BCUT2D eigenvalue weighted by molar-refractivity contribution is -0.115. The van der Waals surface area contributed by atoms with Gasteiger partial charge in [0.2, 0.25) is 5.91 Å². The predicted molar refractivity (Wildman–Crippen MR) is 90.3 cm³/mol. The number of hydrogen-bond donors (Lipinski definition) is 1. The van der Waals surface area contributed by atoms with Crippen LogP contribution in [-0.4, -0.2) is 29.1 Å². The summed E-state index contributed by atoms with van der Waals surface area (Å²) in [6.45, 7) is 1.76. The van der Waals surface area contributed by atoms with E-state index in [0.717, 1.165) is 11.3 Å². The van der Waals surface area contributed by atoms with Crippen molar-refractivity contribution < 1.29 is 14.3 Å². The van der Waals surface area contributed by atoms with Crippen LogP contribution in [0.1, 0.15) is 20.9 Å². The summed E-state index contributed by atoms with van der Waals surface area (Å²) in [4.78, 5) is 28.5. The van der Waals surface area contributed by atoms with Crippen molar-refractivity contribution in [3.63, 3.8) is 0 Å². The summed E-state index contributed by atoms with van der Waals surface area (Å²) in [5.74, 6) is 0.542. The molecule has 0 unspecified atom stereocenters. The van der Waals surface area contributed by atoms with Gasteiger partial charge in [0.05, 0.1) is 29.4 Å². The molecule has 0 saturated carbocycles. The molecule has 2 aromatic rings. The van der Waals surface area contributed by atoms with Crippen molar-refractivity contribution in [3.8, 4) is 5.75 Å². The number of nitrogens with zero attached hydrogens (tertiary/aromatic N) is 1. The summed E-state index contributed by atoms with van der Waals surface area (Å²) in [6, 6.07) is 7.29. The minimum atomic E-state index is -0.170. The molecule has 1 N–H and O–H groups in total. The van der Waals surface area contributed by atoms with Crippen molar-refractivity contribution in [2.45, 2.75) is 13.3 Å². The number of methoxy groups -OCH3 is 1. The number of thiazole rings is 1. The van der Waals surface area contributed by atoms with Crippen LogP contribution < -0.4 is 10.1 Å². The molecule has 0 saturated heterocycles. The van der Waals surface area contributed by atoms with Crippen LogP contribution in [0.25, 0.3) is 0 Å². The molecule has 0 atom stereocenters. The number of ether oxygens (including phenoxy) is 1. The molecule has 0 aliphatic rings. The van der Waals surface area contributed by atoms with Crippen molar-refractivity contribution in [2.24, 2.45) is 0 Å². The molecule has 0 spiro atoms. The van der Waals surface area contributed by atoms with E-state index in [1.54, 1.807) is 14.0 Å². The van der Waals surface area contributed by atoms with Gasteiger partial charge < -0.3 is 10.1 Å². The lowest BCUT2D eigenvalue weighted by Crippen LogP contribution is -2.14. The van der Waals surface area contributed by atoms with E-state index in [1.807, 2.05) is 24.3 Å². The summed E-state index contributed by atoms with van der Waals surface area (Å²) in [5.41, 5.74) is 1.51. The lowest BCUT2D eigenvalue weighted by atomic mass is 10.1.